The summed E-state index contributed by atoms with van der Waals surface area (Å²) in [4.78, 5) is 25.1. The molecule has 1 aromatic carbocycles. The molecule has 1 aromatic rings. The second-order valence-corrected chi connectivity index (χ2v) is 6.62. The predicted octanol–water partition coefficient (Wildman–Crippen LogP) is 2.43. The number of thioether (sulfide) groups is 1. The fourth-order valence-electron chi connectivity index (χ4n) is 2.66. The van der Waals surface area contributed by atoms with Gasteiger partial charge in [0.1, 0.15) is 5.54 Å². The molecule has 4 nitrogen and oxygen atoms in total. The predicted molar refractivity (Wildman–Crippen MR) is 84.5 cm³/mol. The Kier molecular flexibility index (Phi) is 5.28. The number of carbonyl (C=O) groups excluding carboxylic acids is 1. The number of benzene rings is 1. The number of likely N-dealkylation sites (tertiary alicyclic amines) is 1. The molecule has 0 aromatic heterocycles. The molecule has 1 fully saturated rings. The minimum absolute atomic E-state index is 0.0598. The molecule has 1 atom stereocenters. The second-order valence-electron chi connectivity index (χ2n) is 5.52. The zero-order chi connectivity index (χ0) is 15.3. The number of carbonyl (C=O) groups is 2. The number of hydrogen-bond donors (Lipinski definition) is 1. The molecule has 21 heavy (non-hydrogen) atoms. The number of carboxylic acids is 1. The van der Waals surface area contributed by atoms with Gasteiger partial charge in [0.15, 0.2) is 0 Å². The van der Waals surface area contributed by atoms with Crippen LogP contribution in [-0.4, -0.2) is 45.5 Å². The number of aryl methyl sites for hydroxylation is 1. The monoisotopic (exact) mass is 307 g/mol. The highest BCUT2D eigenvalue weighted by molar-refractivity contribution is 7.99. The molecular weight excluding hydrogens is 286 g/mol. The Morgan fingerprint density at radius 3 is 2.71 bits per heavy atom. The van der Waals surface area contributed by atoms with E-state index < -0.39 is 11.5 Å². The van der Waals surface area contributed by atoms with Crippen molar-refractivity contribution in [3.63, 3.8) is 0 Å². The third kappa shape index (κ3) is 3.79. The molecule has 1 aliphatic rings. The third-order valence-electron chi connectivity index (χ3n) is 4.01. The summed E-state index contributed by atoms with van der Waals surface area (Å²) in [5.74, 6) is 0.265. The van der Waals surface area contributed by atoms with Crippen LogP contribution in [0.25, 0.3) is 0 Å². The lowest BCUT2D eigenvalue weighted by molar-refractivity contribution is -0.154. The smallest absolute Gasteiger partial charge is 0.329 e. The maximum absolute atomic E-state index is 12.2. The van der Waals surface area contributed by atoms with Crippen LogP contribution in [0.1, 0.15) is 25.3 Å². The van der Waals surface area contributed by atoms with E-state index in [2.05, 4.69) is 12.1 Å². The van der Waals surface area contributed by atoms with Crippen LogP contribution in [0.3, 0.4) is 0 Å². The van der Waals surface area contributed by atoms with E-state index in [1.807, 2.05) is 18.2 Å². The molecule has 1 N–H and O–H groups in total. The van der Waals surface area contributed by atoms with Crippen molar-refractivity contribution in [3.8, 4) is 0 Å². The molecule has 0 spiro atoms. The Morgan fingerprint density at radius 1 is 1.33 bits per heavy atom. The van der Waals surface area contributed by atoms with Crippen molar-refractivity contribution >= 4 is 23.6 Å². The molecule has 1 amide bonds. The minimum atomic E-state index is -1.02. The molecule has 1 aliphatic heterocycles. The maximum Gasteiger partial charge on any atom is 0.329 e. The minimum Gasteiger partial charge on any atom is -0.480 e. The zero-order valence-corrected chi connectivity index (χ0v) is 13.1. The summed E-state index contributed by atoms with van der Waals surface area (Å²) < 4.78 is 0. The van der Waals surface area contributed by atoms with Gasteiger partial charge >= 0.3 is 5.97 Å². The number of hydrogen-bond acceptors (Lipinski definition) is 3. The fourth-order valence-corrected chi connectivity index (χ4v) is 3.51. The van der Waals surface area contributed by atoms with Gasteiger partial charge < -0.3 is 10.0 Å². The largest absolute Gasteiger partial charge is 0.480 e. The molecule has 1 saturated heterocycles. The van der Waals surface area contributed by atoms with E-state index >= 15 is 0 Å². The summed E-state index contributed by atoms with van der Waals surface area (Å²) in [5.41, 5.74) is 0.242. The van der Waals surface area contributed by atoms with Crippen LogP contribution in [0.15, 0.2) is 30.3 Å². The van der Waals surface area contributed by atoms with E-state index in [4.69, 9.17) is 0 Å². The van der Waals surface area contributed by atoms with Gasteiger partial charge in [-0.15, -0.1) is 0 Å². The van der Waals surface area contributed by atoms with Gasteiger partial charge in [0.2, 0.25) is 5.91 Å². The van der Waals surface area contributed by atoms with Crippen molar-refractivity contribution < 1.29 is 14.7 Å². The molecule has 0 saturated carbocycles. The molecule has 0 aliphatic carbocycles. The quantitative estimate of drug-likeness (QED) is 0.820. The number of amides is 1. The van der Waals surface area contributed by atoms with Crippen molar-refractivity contribution in [3.05, 3.63) is 35.9 Å². The first-order valence-electron chi connectivity index (χ1n) is 7.19. The lowest BCUT2D eigenvalue weighted by Gasteiger charge is -2.31. The molecule has 2 rings (SSSR count). The van der Waals surface area contributed by atoms with Crippen LogP contribution in [0.2, 0.25) is 0 Å². The van der Waals surface area contributed by atoms with Crippen LogP contribution < -0.4 is 0 Å². The van der Waals surface area contributed by atoms with Crippen LogP contribution in [0, 0.1) is 0 Å². The third-order valence-corrected chi connectivity index (χ3v) is 4.95. The lowest BCUT2D eigenvalue weighted by Crippen LogP contribution is -2.51. The van der Waals surface area contributed by atoms with Gasteiger partial charge in [0.05, 0.1) is 5.75 Å². The molecule has 1 heterocycles. The van der Waals surface area contributed by atoms with Crippen molar-refractivity contribution in [1.82, 2.24) is 4.90 Å². The van der Waals surface area contributed by atoms with Crippen molar-refractivity contribution in [2.45, 2.75) is 31.7 Å². The van der Waals surface area contributed by atoms with Crippen LogP contribution in [0.4, 0.5) is 0 Å². The summed E-state index contributed by atoms with van der Waals surface area (Å²) >= 11 is 1.57. The van der Waals surface area contributed by atoms with Crippen molar-refractivity contribution in [1.29, 1.82) is 0 Å². The highest BCUT2D eigenvalue weighted by Crippen LogP contribution is 2.29. The first-order valence-corrected chi connectivity index (χ1v) is 8.35. The van der Waals surface area contributed by atoms with Crippen molar-refractivity contribution in [2.24, 2.45) is 0 Å². The normalized spacial score (nSPS) is 21.5. The first kappa shape index (κ1) is 15.9. The van der Waals surface area contributed by atoms with Gasteiger partial charge in [-0.1, -0.05) is 30.3 Å². The number of aliphatic carboxylic acids is 1. The SMILES string of the molecule is CC1(C(=O)O)CCCN1C(=O)CSCCc1ccccc1. The summed E-state index contributed by atoms with van der Waals surface area (Å²) in [6.07, 6.45) is 2.24. The fraction of sp³-hybridized carbons (Fsp3) is 0.500. The Labute approximate surface area is 129 Å². The highest BCUT2D eigenvalue weighted by Gasteiger charge is 2.45. The molecule has 0 bridgehead atoms. The summed E-state index contributed by atoms with van der Waals surface area (Å²) in [5, 5.41) is 9.31. The number of rotatable bonds is 6. The van der Waals surface area contributed by atoms with Crippen LogP contribution in [0.5, 0.6) is 0 Å². The standard InChI is InChI=1S/C16H21NO3S/c1-16(15(19)20)9-5-10-17(16)14(18)12-21-11-8-13-6-3-2-4-7-13/h2-4,6-7H,5,8-12H2,1H3,(H,19,20). The van der Waals surface area contributed by atoms with Gasteiger partial charge in [-0.2, -0.15) is 11.8 Å². The van der Waals surface area contributed by atoms with Gasteiger partial charge in [0, 0.05) is 6.54 Å². The van der Waals surface area contributed by atoms with E-state index in [-0.39, 0.29) is 5.91 Å². The molecule has 1 unspecified atom stereocenters. The van der Waals surface area contributed by atoms with Crippen LogP contribution >= 0.6 is 11.8 Å². The van der Waals surface area contributed by atoms with E-state index in [9.17, 15) is 14.7 Å². The first-order chi connectivity index (χ1) is 10.0. The topological polar surface area (TPSA) is 57.6 Å². The molecular formula is C16H21NO3S. The maximum atomic E-state index is 12.2. The summed E-state index contributed by atoms with van der Waals surface area (Å²) in [6.45, 7) is 2.20. The Bertz CT molecular complexity index is 506. The zero-order valence-electron chi connectivity index (χ0n) is 12.2. The highest BCUT2D eigenvalue weighted by atomic mass is 32.2. The van der Waals surface area contributed by atoms with E-state index in [0.717, 1.165) is 18.6 Å². The molecule has 0 radical (unpaired) electrons. The summed E-state index contributed by atoms with van der Waals surface area (Å²) in [6, 6.07) is 10.1. The van der Waals surface area contributed by atoms with Crippen molar-refractivity contribution in [2.75, 3.05) is 18.1 Å². The van der Waals surface area contributed by atoms with Gasteiger partial charge in [0.25, 0.3) is 0 Å². The second kappa shape index (κ2) is 6.98. The van der Waals surface area contributed by atoms with E-state index in [1.165, 1.54) is 10.5 Å². The number of carboxylic acid groups (broad SMARTS) is 1. The Balaban J connectivity index is 1.78. The number of nitrogens with zero attached hydrogens (tertiary/aromatic N) is 1. The van der Waals surface area contributed by atoms with E-state index in [0.29, 0.717) is 18.7 Å². The average molecular weight is 307 g/mol. The van der Waals surface area contributed by atoms with Gasteiger partial charge in [-0.3, -0.25) is 4.79 Å². The summed E-state index contributed by atoms with van der Waals surface area (Å²) in [7, 11) is 0. The van der Waals surface area contributed by atoms with E-state index in [1.54, 1.807) is 18.7 Å². The van der Waals surface area contributed by atoms with Crippen LogP contribution in [-0.2, 0) is 16.0 Å². The van der Waals surface area contributed by atoms with Gasteiger partial charge in [-0.25, -0.2) is 4.79 Å². The molecule has 5 heteroatoms. The molecule has 114 valence electrons. The Hall–Kier alpha value is -1.49. The van der Waals surface area contributed by atoms with Gasteiger partial charge in [-0.05, 0) is 37.5 Å². The average Bonchev–Trinajstić information content (AvgIpc) is 2.88. The Morgan fingerprint density at radius 2 is 2.05 bits per heavy atom. The lowest BCUT2D eigenvalue weighted by atomic mass is 9.99.